The second-order valence-electron chi connectivity index (χ2n) is 7.48. The molecule has 6 heteroatoms. The molecule has 1 saturated carbocycles. The van der Waals surface area contributed by atoms with Crippen LogP contribution in [-0.4, -0.2) is 28.9 Å². The highest BCUT2D eigenvalue weighted by atomic mass is 16.2. The van der Waals surface area contributed by atoms with Crippen LogP contribution in [0.15, 0.2) is 36.4 Å². The molecule has 0 spiro atoms. The van der Waals surface area contributed by atoms with Gasteiger partial charge in [-0.3, -0.25) is 14.5 Å². The number of rotatable bonds is 3. The van der Waals surface area contributed by atoms with Gasteiger partial charge in [0.1, 0.15) is 6.17 Å². The van der Waals surface area contributed by atoms with Gasteiger partial charge in [0, 0.05) is 5.69 Å². The SMILES string of the molecule is Cc1ccccc1NC(=O)NC(C)N1C(=O)C2C3C=CC(CC3)C2C1=O. The Kier molecular flexibility index (Phi) is 4.05. The van der Waals surface area contributed by atoms with Crippen LogP contribution in [0.25, 0.3) is 0 Å². The summed E-state index contributed by atoms with van der Waals surface area (Å²) >= 11 is 0. The lowest BCUT2D eigenvalue weighted by atomic mass is 9.63. The van der Waals surface area contributed by atoms with Crippen LogP contribution in [0.5, 0.6) is 0 Å². The lowest BCUT2D eigenvalue weighted by molar-refractivity contribution is -0.142. The number of hydrogen-bond acceptors (Lipinski definition) is 3. The Labute approximate surface area is 152 Å². The number of urea groups is 1. The van der Waals surface area contributed by atoms with Gasteiger partial charge in [-0.25, -0.2) is 4.79 Å². The molecule has 6 nitrogen and oxygen atoms in total. The van der Waals surface area contributed by atoms with E-state index in [0.29, 0.717) is 5.69 Å². The fourth-order valence-corrected chi connectivity index (χ4v) is 4.60. The van der Waals surface area contributed by atoms with Crippen molar-refractivity contribution in [1.82, 2.24) is 10.2 Å². The number of anilines is 1. The summed E-state index contributed by atoms with van der Waals surface area (Å²) in [4.78, 5) is 39.3. The molecule has 5 unspecified atom stereocenters. The van der Waals surface area contributed by atoms with Gasteiger partial charge in [0.25, 0.3) is 0 Å². The van der Waals surface area contributed by atoms with Gasteiger partial charge in [0.05, 0.1) is 11.8 Å². The Hall–Kier alpha value is -2.63. The molecule has 0 radical (unpaired) electrons. The second kappa shape index (κ2) is 6.27. The molecule has 2 bridgehead atoms. The topological polar surface area (TPSA) is 78.5 Å². The largest absolute Gasteiger partial charge is 0.320 e. The molecule has 2 fully saturated rings. The Morgan fingerprint density at radius 1 is 1.08 bits per heavy atom. The van der Waals surface area contributed by atoms with Crippen molar-refractivity contribution in [3.05, 3.63) is 42.0 Å². The number of para-hydroxylation sites is 1. The predicted octanol–water partition coefficient (Wildman–Crippen LogP) is 2.66. The third-order valence-corrected chi connectivity index (χ3v) is 5.91. The van der Waals surface area contributed by atoms with E-state index in [-0.39, 0.29) is 35.5 Å². The van der Waals surface area contributed by atoms with Gasteiger partial charge in [0.2, 0.25) is 11.8 Å². The molecule has 26 heavy (non-hydrogen) atoms. The van der Waals surface area contributed by atoms with Gasteiger partial charge in [0.15, 0.2) is 0 Å². The average Bonchev–Trinajstić information content (AvgIpc) is 2.91. The molecule has 2 N–H and O–H groups in total. The molecule has 0 aromatic heterocycles. The Morgan fingerprint density at radius 2 is 1.65 bits per heavy atom. The Bertz CT molecular complexity index is 771. The van der Waals surface area contributed by atoms with E-state index in [2.05, 4.69) is 22.8 Å². The molecule has 1 aromatic rings. The maximum Gasteiger partial charge on any atom is 0.320 e. The van der Waals surface area contributed by atoms with Crippen molar-refractivity contribution < 1.29 is 14.4 Å². The molecule has 4 amide bonds. The number of carbonyl (C=O) groups is 3. The second-order valence-corrected chi connectivity index (χ2v) is 7.48. The molecule has 1 aliphatic heterocycles. The third kappa shape index (κ3) is 2.60. The van der Waals surface area contributed by atoms with Crippen molar-refractivity contribution in [1.29, 1.82) is 0 Å². The molecule has 5 atom stereocenters. The van der Waals surface area contributed by atoms with Crippen LogP contribution in [0, 0.1) is 30.6 Å². The van der Waals surface area contributed by atoms with E-state index in [1.807, 2.05) is 31.2 Å². The molecule has 5 rings (SSSR count). The number of benzene rings is 1. The molecule has 1 aromatic carbocycles. The summed E-state index contributed by atoms with van der Waals surface area (Å²) in [6.07, 6.45) is 5.43. The fourth-order valence-electron chi connectivity index (χ4n) is 4.60. The lowest BCUT2D eigenvalue weighted by Gasteiger charge is -2.38. The van der Waals surface area contributed by atoms with E-state index in [0.717, 1.165) is 18.4 Å². The number of nitrogens with zero attached hydrogens (tertiary/aromatic N) is 1. The standard InChI is InChI=1S/C20H23N3O3/c1-11-5-3-4-6-15(11)22-20(26)21-12(2)23-18(24)16-13-7-8-14(10-9-13)17(16)19(23)25/h3-8,12-14,16-17H,9-10H2,1-2H3,(H2,21,22,26). The van der Waals surface area contributed by atoms with E-state index in [1.165, 1.54) is 4.90 Å². The molecular formula is C20H23N3O3. The average molecular weight is 353 g/mol. The van der Waals surface area contributed by atoms with Crippen LogP contribution in [0.3, 0.4) is 0 Å². The molecule has 1 saturated heterocycles. The minimum Gasteiger partial charge on any atom is -0.317 e. The quantitative estimate of drug-likeness (QED) is 0.648. The van der Waals surface area contributed by atoms with Crippen LogP contribution >= 0.6 is 0 Å². The van der Waals surface area contributed by atoms with Crippen molar-refractivity contribution in [2.24, 2.45) is 23.7 Å². The lowest BCUT2D eigenvalue weighted by Crippen LogP contribution is -2.50. The van der Waals surface area contributed by atoms with Gasteiger partial charge >= 0.3 is 6.03 Å². The number of likely N-dealkylation sites (tertiary alicyclic amines) is 1. The molecule has 136 valence electrons. The zero-order chi connectivity index (χ0) is 18.4. The summed E-state index contributed by atoms with van der Waals surface area (Å²) in [5.74, 6) is -0.505. The monoisotopic (exact) mass is 353 g/mol. The maximum absolute atomic E-state index is 12.9. The highest BCUT2D eigenvalue weighted by Gasteiger charge is 2.57. The zero-order valence-corrected chi connectivity index (χ0v) is 14.9. The van der Waals surface area contributed by atoms with E-state index in [4.69, 9.17) is 0 Å². The van der Waals surface area contributed by atoms with Crippen molar-refractivity contribution in [3.63, 3.8) is 0 Å². The maximum atomic E-state index is 12.9. The van der Waals surface area contributed by atoms with Gasteiger partial charge in [-0.05, 0) is 50.2 Å². The number of fused-ring (bicyclic) bond motifs is 1. The Morgan fingerprint density at radius 3 is 2.19 bits per heavy atom. The number of imide groups is 1. The minimum absolute atomic E-state index is 0.150. The summed E-state index contributed by atoms with van der Waals surface area (Å²) in [6.45, 7) is 3.58. The molecule has 1 heterocycles. The van der Waals surface area contributed by atoms with Crippen LogP contribution in [0.2, 0.25) is 0 Å². The first-order chi connectivity index (χ1) is 12.5. The normalized spacial score (nSPS) is 30.3. The van der Waals surface area contributed by atoms with Crippen LogP contribution < -0.4 is 10.6 Å². The number of hydrogen-bond donors (Lipinski definition) is 2. The summed E-state index contributed by atoms with van der Waals surface area (Å²) in [7, 11) is 0. The third-order valence-electron chi connectivity index (χ3n) is 5.91. The first-order valence-electron chi connectivity index (χ1n) is 9.16. The number of aryl methyl sites for hydroxylation is 1. The highest BCUT2D eigenvalue weighted by molar-refractivity contribution is 6.06. The van der Waals surface area contributed by atoms with Gasteiger partial charge in [-0.2, -0.15) is 0 Å². The van der Waals surface area contributed by atoms with Crippen LogP contribution in [0.4, 0.5) is 10.5 Å². The number of nitrogens with one attached hydrogen (secondary N) is 2. The molecular weight excluding hydrogens is 330 g/mol. The van der Waals surface area contributed by atoms with Crippen molar-refractivity contribution in [2.75, 3.05) is 5.32 Å². The van der Waals surface area contributed by atoms with Gasteiger partial charge < -0.3 is 10.6 Å². The van der Waals surface area contributed by atoms with Crippen molar-refractivity contribution in [3.8, 4) is 0 Å². The summed E-state index contributed by atoms with van der Waals surface area (Å²) in [5, 5.41) is 5.51. The first kappa shape index (κ1) is 16.8. The van der Waals surface area contributed by atoms with Gasteiger partial charge in [-0.15, -0.1) is 0 Å². The summed E-state index contributed by atoms with van der Waals surface area (Å²) in [6, 6.07) is 7.02. The summed E-state index contributed by atoms with van der Waals surface area (Å²) < 4.78 is 0. The van der Waals surface area contributed by atoms with Gasteiger partial charge in [-0.1, -0.05) is 30.4 Å². The zero-order valence-electron chi connectivity index (χ0n) is 14.9. The van der Waals surface area contributed by atoms with Crippen LogP contribution in [0.1, 0.15) is 25.3 Å². The Balaban J connectivity index is 1.46. The highest BCUT2D eigenvalue weighted by Crippen LogP contribution is 2.49. The van der Waals surface area contributed by atoms with Crippen LogP contribution in [-0.2, 0) is 9.59 Å². The van der Waals surface area contributed by atoms with E-state index >= 15 is 0 Å². The minimum atomic E-state index is -0.677. The fraction of sp³-hybridized carbons (Fsp3) is 0.450. The predicted molar refractivity (Wildman–Crippen MR) is 97.0 cm³/mol. The molecule has 4 aliphatic rings. The van der Waals surface area contributed by atoms with Crippen molar-refractivity contribution >= 4 is 23.5 Å². The van der Waals surface area contributed by atoms with E-state index in [1.54, 1.807) is 6.92 Å². The number of amides is 4. The first-order valence-corrected chi connectivity index (χ1v) is 9.16. The van der Waals surface area contributed by atoms with E-state index < -0.39 is 12.2 Å². The smallest absolute Gasteiger partial charge is 0.317 e. The summed E-state index contributed by atoms with van der Waals surface area (Å²) in [5.41, 5.74) is 1.64. The van der Waals surface area contributed by atoms with E-state index in [9.17, 15) is 14.4 Å². The molecule has 3 aliphatic carbocycles. The van der Waals surface area contributed by atoms with Crippen molar-refractivity contribution in [2.45, 2.75) is 32.9 Å². The number of allylic oxidation sites excluding steroid dienone is 2. The number of carbonyl (C=O) groups excluding carboxylic acids is 3.